The van der Waals surface area contributed by atoms with Crippen LogP contribution in [0, 0.1) is 0 Å². The van der Waals surface area contributed by atoms with Gasteiger partial charge in [-0.3, -0.25) is 4.79 Å². The molecule has 2 aromatic heterocycles. The van der Waals surface area contributed by atoms with Gasteiger partial charge in [0.25, 0.3) is 5.91 Å². The maximum absolute atomic E-state index is 12.9. The number of likely N-dealkylation sites (N-methyl/N-ethyl adjacent to an activating group) is 1. The van der Waals surface area contributed by atoms with Gasteiger partial charge >= 0.3 is 0 Å². The molecule has 0 atom stereocenters. The van der Waals surface area contributed by atoms with Crippen molar-refractivity contribution in [2.45, 2.75) is 0 Å². The molecule has 37 heavy (non-hydrogen) atoms. The third-order valence-electron chi connectivity index (χ3n) is 6.97. The van der Waals surface area contributed by atoms with Gasteiger partial charge in [0.1, 0.15) is 5.52 Å². The minimum absolute atomic E-state index is 0.0613. The van der Waals surface area contributed by atoms with Crippen LogP contribution in [0.25, 0.3) is 22.6 Å². The van der Waals surface area contributed by atoms with Crippen LogP contribution in [-0.4, -0.2) is 95.2 Å². The Morgan fingerprint density at radius 3 is 2.38 bits per heavy atom. The highest BCUT2D eigenvalue weighted by Gasteiger charge is 2.21. The van der Waals surface area contributed by atoms with Gasteiger partial charge in [0.05, 0.1) is 19.5 Å². The van der Waals surface area contributed by atoms with E-state index in [1.807, 2.05) is 41.3 Å². The molecule has 0 unspecified atom stereocenters. The van der Waals surface area contributed by atoms with E-state index in [1.165, 1.54) is 5.69 Å². The monoisotopic (exact) mass is 498 g/mol. The number of ether oxygens (including phenoxy) is 1. The van der Waals surface area contributed by atoms with E-state index < -0.39 is 0 Å². The SMILES string of the molecule is CN1CCN(C(=O)c2ccc(-c3nc(Nc4ccc(N5CCOCC5)cc4)c4[nH]cnc4n3)cc2)CC1. The zero-order valence-corrected chi connectivity index (χ0v) is 20.9. The molecule has 2 N–H and O–H groups in total. The van der Waals surface area contributed by atoms with Gasteiger partial charge in [-0.2, -0.15) is 0 Å². The van der Waals surface area contributed by atoms with E-state index in [-0.39, 0.29) is 5.91 Å². The Bertz CT molecular complexity index is 1370. The second kappa shape index (κ2) is 10.2. The molecule has 2 aliphatic rings. The standard InChI is InChI=1S/C27H30N8O2/c1-33-10-12-35(13-11-33)27(36)20-4-2-19(3-5-20)24-31-25-23(28-18-29-25)26(32-24)30-21-6-8-22(9-7-21)34-14-16-37-17-15-34/h2-9,18H,10-17H2,1H3,(H2,28,29,30,31,32). The van der Waals surface area contributed by atoms with Gasteiger partial charge in [-0.25, -0.2) is 15.0 Å². The van der Waals surface area contributed by atoms with Crippen molar-refractivity contribution in [2.24, 2.45) is 0 Å². The number of rotatable bonds is 5. The number of carbonyl (C=O) groups excluding carboxylic acids is 1. The Morgan fingerprint density at radius 1 is 0.919 bits per heavy atom. The van der Waals surface area contributed by atoms with Crippen LogP contribution in [0.1, 0.15) is 10.4 Å². The Kier molecular flexibility index (Phi) is 6.42. The third kappa shape index (κ3) is 4.98. The topological polar surface area (TPSA) is 103 Å². The zero-order chi connectivity index (χ0) is 25.2. The molecule has 4 aromatic rings. The summed E-state index contributed by atoms with van der Waals surface area (Å²) in [6.45, 7) is 6.60. The molecular weight excluding hydrogens is 468 g/mol. The first-order valence-corrected chi connectivity index (χ1v) is 12.6. The smallest absolute Gasteiger partial charge is 0.253 e. The lowest BCUT2D eigenvalue weighted by molar-refractivity contribution is 0.0664. The van der Waals surface area contributed by atoms with Crippen molar-refractivity contribution in [1.29, 1.82) is 0 Å². The lowest BCUT2D eigenvalue weighted by Gasteiger charge is -2.32. The number of hydrogen-bond donors (Lipinski definition) is 2. The zero-order valence-electron chi connectivity index (χ0n) is 20.9. The average molecular weight is 499 g/mol. The number of nitrogens with zero attached hydrogens (tertiary/aromatic N) is 6. The lowest BCUT2D eigenvalue weighted by atomic mass is 10.1. The Labute approximate surface area is 215 Å². The minimum Gasteiger partial charge on any atom is -0.378 e. The number of imidazole rings is 1. The first-order chi connectivity index (χ1) is 18.1. The van der Waals surface area contributed by atoms with Crippen LogP contribution in [-0.2, 0) is 4.74 Å². The summed E-state index contributed by atoms with van der Waals surface area (Å²) in [6, 6.07) is 15.8. The largest absolute Gasteiger partial charge is 0.378 e. The fourth-order valence-electron chi connectivity index (χ4n) is 4.72. The highest BCUT2D eigenvalue weighted by molar-refractivity contribution is 5.95. The number of morpholine rings is 1. The fraction of sp³-hybridized carbons (Fsp3) is 0.333. The number of piperazine rings is 1. The summed E-state index contributed by atoms with van der Waals surface area (Å²) in [7, 11) is 2.08. The van der Waals surface area contributed by atoms with Crippen LogP contribution in [0.2, 0.25) is 0 Å². The predicted octanol–water partition coefficient (Wildman–Crippen LogP) is 2.99. The van der Waals surface area contributed by atoms with Gasteiger partial charge in [-0.1, -0.05) is 12.1 Å². The summed E-state index contributed by atoms with van der Waals surface area (Å²) in [6.07, 6.45) is 1.62. The van der Waals surface area contributed by atoms with E-state index in [4.69, 9.17) is 9.72 Å². The molecule has 2 fully saturated rings. The normalized spacial score (nSPS) is 16.8. The van der Waals surface area contributed by atoms with Gasteiger partial charge in [0, 0.05) is 61.8 Å². The summed E-state index contributed by atoms with van der Waals surface area (Å²) in [5.41, 5.74) is 4.91. The highest BCUT2D eigenvalue weighted by Crippen LogP contribution is 2.27. The van der Waals surface area contributed by atoms with Crippen molar-refractivity contribution >= 4 is 34.3 Å². The summed E-state index contributed by atoms with van der Waals surface area (Å²) in [5.74, 6) is 1.26. The van der Waals surface area contributed by atoms with Crippen molar-refractivity contribution < 1.29 is 9.53 Å². The number of benzene rings is 2. The number of aromatic nitrogens is 4. The number of H-pyrrole nitrogens is 1. The summed E-state index contributed by atoms with van der Waals surface area (Å²) >= 11 is 0. The number of fused-ring (bicyclic) bond motifs is 1. The Balaban J connectivity index is 1.22. The van der Waals surface area contributed by atoms with E-state index in [0.717, 1.165) is 69.2 Å². The molecule has 0 aliphatic carbocycles. The number of aromatic amines is 1. The molecule has 2 aliphatic heterocycles. The molecule has 0 bridgehead atoms. The highest BCUT2D eigenvalue weighted by atomic mass is 16.5. The Hall–Kier alpha value is -4.02. The van der Waals surface area contributed by atoms with Crippen LogP contribution in [0.5, 0.6) is 0 Å². The van der Waals surface area contributed by atoms with Crippen LogP contribution < -0.4 is 10.2 Å². The predicted molar refractivity (Wildman–Crippen MR) is 143 cm³/mol. The maximum atomic E-state index is 12.9. The molecule has 6 rings (SSSR count). The van der Waals surface area contributed by atoms with E-state index in [9.17, 15) is 4.79 Å². The minimum atomic E-state index is 0.0613. The molecule has 190 valence electrons. The molecule has 0 radical (unpaired) electrons. The van der Waals surface area contributed by atoms with E-state index in [0.29, 0.717) is 22.9 Å². The molecule has 0 spiro atoms. The second-order valence-corrected chi connectivity index (χ2v) is 9.44. The first-order valence-electron chi connectivity index (χ1n) is 12.6. The van der Waals surface area contributed by atoms with Crippen molar-refractivity contribution in [1.82, 2.24) is 29.7 Å². The molecule has 2 aromatic carbocycles. The molecule has 10 heteroatoms. The van der Waals surface area contributed by atoms with Gasteiger partial charge < -0.3 is 29.7 Å². The molecule has 0 saturated carbocycles. The number of carbonyl (C=O) groups is 1. The van der Waals surface area contributed by atoms with Gasteiger partial charge in [-0.15, -0.1) is 0 Å². The van der Waals surface area contributed by atoms with Crippen LogP contribution in [0.15, 0.2) is 54.9 Å². The van der Waals surface area contributed by atoms with Crippen LogP contribution in [0.3, 0.4) is 0 Å². The Morgan fingerprint density at radius 2 is 1.65 bits per heavy atom. The number of nitrogens with one attached hydrogen (secondary N) is 2. The third-order valence-corrected chi connectivity index (χ3v) is 6.97. The first kappa shape index (κ1) is 23.4. The number of amides is 1. The van der Waals surface area contributed by atoms with Gasteiger partial charge in [-0.05, 0) is 43.4 Å². The van der Waals surface area contributed by atoms with Gasteiger partial charge in [0.2, 0.25) is 0 Å². The average Bonchev–Trinajstić information content (AvgIpc) is 3.43. The lowest BCUT2D eigenvalue weighted by Crippen LogP contribution is -2.47. The molecule has 10 nitrogen and oxygen atoms in total. The molecule has 4 heterocycles. The van der Waals surface area contributed by atoms with Crippen molar-refractivity contribution in [3.8, 4) is 11.4 Å². The second-order valence-electron chi connectivity index (χ2n) is 9.44. The van der Waals surface area contributed by atoms with Gasteiger partial charge in [0.15, 0.2) is 17.3 Å². The summed E-state index contributed by atoms with van der Waals surface area (Å²) < 4.78 is 5.46. The summed E-state index contributed by atoms with van der Waals surface area (Å²) in [5, 5.41) is 3.42. The fourth-order valence-corrected chi connectivity index (χ4v) is 4.72. The van der Waals surface area contributed by atoms with Crippen LogP contribution in [0.4, 0.5) is 17.2 Å². The number of anilines is 3. The van der Waals surface area contributed by atoms with Crippen molar-refractivity contribution in [3.05, 3.63) is 60.4 Å². The van der Waals surface area contributed by atoms with E-state index in [1.54, 1.807) is 6.33 Å². The van der Waals surface area contributed by atoms with Crippen LogP contribution >= 0.6 is 0 Å². The van der Waals surface area contributed by atoms with Crippen molar-refractivity contribution in [2.75, 3.05) is 69.7 Å². The van der Waals surface area contributed by atoms with E-state index >= 15 is 0 Å². The summed E-state index contributed by atoms with van der Waals surface area (Å²) in [4.78, 5) is 36.3. The van der Waals surface area contributed by atoms with Crippen molar-refractivity contribution in [3.63, 3.8) is 0 Å². The maximum Gasteiger partial charge on any atom is 0.253 e. The van der Waals surface area contributed by atoms with E-state index in [2.05, 4.69) is 49.2 Å². The molecule has 1 amide bonds. The molecule has 2 saturated heterocycles. The molecular formula is C27H30N8O2. The quantitative estimate of drug-likeness (QED) is 0.433. The number of hydrogen-bond acceptors (Lipinski definition) is 8.